The smallest absolute Gasteiger partial charge is 0.182 e. The van der Waals surface area contributed by atoms with E-state index in [0.29, 0.717) is 5.82 Å². The van der Waals surface area contributed by atoms with Crippen molar-refractivity contribution in [1.82, 2.24) is 19.6 Å². The molecule has 2 aliphatic heterocycles. The monoisotopic (exact) mass is 161 g/mol. The predicted octanol–water partition coefficient (Wildman–Crippen LogP) is 0.465. The molecule has 0 atom stereocenters. The van der Waals surface area contributed by atoms with Gasteiger partial charge in [-0.05, 0) is 0 Å². The largest absolute Gasteiger partial charge is 0.301 e. The van der Waals surface area contributed by atoms with Crippen molar-refractivity contribution in [3.05, 3.63) is 31.6 Å². The van der Waals surface area contributed by atoms with Crippen LogP contribution in [0.5, 0.6) is 0 Å². The molecule has 0 aromatic carbocycles. The maximum atomic E-state index is 4.04. The molecular weight excluding hydrogens is 154 g/mol. The molecule has 5 nitrogen and oxygen atoms in total. The molecule has 0 unspecified atom stereocenters. The van der Waals surface area contributed by atoms with E-state index in [4.69, 9.17) is 0 Å². The van der Waals surface area contributed by atoms with E-state index in [1.807, 2.05) is 0 Å². The minimum atomic E-state index is 0.650. The second-order valence-corrected chi connectivity index (χ2v) is 2.20. The Kier molecular flexibility index (Phi) is 1.48. The van der Waals surface area contributed by atoms with Gasteiger partial charge in [0.15, 0.2) is 5.82 Å². The highest BCUT2D eigenvalue weighted by Crippen LogP contribution is 2.10. The van der Waals surface area contributed by atoms with E-state index in [2.05, 4.69) is 27.0 Å². The summed E-state index contributed by atoms with van der Waals surface area (Å²) in [4.78, 5) is 12.0. The van der Waals surface area contributed by atoms with Crippen molar-refractivity contribution in [3.8, 4) is 11.5 Å². The summed E-state index contributed by atoms with van der Waals surface area (Å²) in [6, 6.07) is 0. The molecule has 0 radical (unpaired) electrons. The normalized spacial score (nSPS) is 10.0. The zero-order chi connectivity index (χ0) is 8.39. The Labute approximate surface area is 69.1 Å². The molecule has 0 bridgehead atoms. The standard InChI is InChI=1S/C7H7N5/c1-2-11-12-3-6-7(10-5-12)9-4-8-6/h2-5,11H,1H2. The first-order chi connectivity index (χ1) is 5.90. The van der Waals surface area contributed by atoms with E-state index >= 15 is 0 Å². The average molecular weight is 161 g/mol. The number of nitrogens with zero attached hydrogens (tertiary/aromatic N) is 4. The summed E-state index contributed by atoms with van der Waals surface area (Å²) < 4.78 is 1.66. The highest BCUT2D eigenvalue weighted by atomic mass is 15.4. The topological polar surface area (TPSA) is 55.6 Å². The summed E-state index contributed by atoms with van der Waals surface area (Å²) in [6.07, 6.45) is 6.44. The lowest BCUT2D eigenvalue weighted by Gasteiger charge is -2.04. The minimum absolute atomic E-state index is 0.650. The fourth-order valence-corrected chi connectivity index (χ4v) is 0.918. The molecular formula is C7H7N5. The summed E-state index contributed by atoms with van der Waals surface area (Å²) in [6.45, 7) is 3.53. The number of fused-ring (bicyclic) bond motifs is 1. The van der Waals surface area contributed by atoms with Crippen LogP contribution in [0.2, 0.25) is 0 Å². The summed E-state index contributed by atoms with van der Waals surface area (Å²) in [5.41, 5.74) is 3.60. The first-order valence-electron chi connectivity index (χ1n) is 3.42. The second-order valence-electron chi connectivity index (χ2n) is 2.20. The molecule has 0 amide bonds. The first-order valence-corrected chi connectivity index (χ1v) is 3.42. The van der Waals surface area contributed by atoms with Crippen LogP contribution in [0.4, 0.5) is 0 Å². The Hall–Kier alpha value is -1.91. The quantitative estimate of drug-likeness (QED) is 0.695. The van der Waals surface area contributed by atoms with E-state index in [-0.39, 0.29) is 0 Å². The van der Waals surface area contributed by atoms with Gasteiger partial charge in [0, 0.05) is 6.20 Å². The van der Waals surface area contributed by atoms with Crippen molar-refractivity contribution in [2.45, 2.75) is 0 Å². The van der Waals surface area contributed by atoms with Gasteiger partial charge in [-0.3, -0.25) is 4.68 Å². The first kappa shape index (κ1) is 6.78. The van der Waals surface area contributed by atoms with Crippen LogP contribution in [-0.2, 0) is 0 Å². The molecule has 2 rings (SSSR count). The van der Waals surface area contributed by atoms with Gasteiger partial charge >= 0.3 is 0 Å². The molecule has 12 heavy (non-hydrogen) atoms. The molecule has 0 aliphatic carbocycles. The number of imidazole rings is 1. The van der Waals surface area contributed by atoms with Crippen LogP contribution in [0.15, 0.2) is 31.6 Å². The molecule has 5 heteroatoms. The molecule has 0 saturated carbocycles. The van der Waals surface area contributed by atoms with Gasteiger partial charge in [-0.15, -0.1) is 0 Å². The average Bonchev–Trinajstić information content (AvgIpc) is 2.51. The molecule has 2 heterocycles. The maximum Gasteiger partial charge on any atom is 0.182 e. The molecule has 0 fully saturated rings. The van der Waals surface area contributed by atoms with Crippen LogP contribution in [0.3, 0.4) is 0 Å². The number of aromatic nitrogens is 4. The van der Waals surface area contributed by atoms with Crippen molar-refractivity contribution in [2.24, 2.45) is 0 Å². The number of rotatable bonds is 2. The molecule has 60 valence electrons. The van der Waals surface area contributed by atoms with E-state index < -0.39 is 0 Å². The van der Waals surface area contributed by atoms with Crippen molar-refractivity contribution in [3.63, 3.8) is 0 Å². The van der Waals surface area contributed by atoms with Gasteiger partial charge < -0.3 is 5.43 Å². The Morgan fingerprint density at radius 2 is 2.33 bits per heavy atom. The van der Waals surface area contributed by atoms with Gasteiger partial charge in [0.2, 0.25) is 0 Å². The SMILES string of the molecule is C=CNn1cnc2ncnc-2c1. The van der Waals surface area contributed by atoms with Crippen LogP contribution in [0.1, 0.15) is 0 Å². The zero-order valence-electron chi connectivity index (χ0n) is 6.31. The predicted molar refractivity (Wildman–Crippen MR) is 44.0 cm³/mol. The minimum Gasteiger partial charge on any atom is -0.301 e. The molecule has 0 aromatic heterocycles. The molecule has 1 N–H and O–H groups in total. The Balaban J connectivity index is 2.47. The fourth-order valence-electron chi connectivity index (χ4n) is 0.918. The second kappa shape index (κ2) is 2.61. The van der Waals surface area contributed by atoms with E-state index in [9.17, 15) is 0 Å². The summed E-state index contributed by atoms with van der Waals surface area (Å²) in [5.74, 6) is 0.650. The van der Waals surface area contributed by atoms with Crippen molar-refractivity contribution in [1.29, 1.82) is 0 Å². The number of hydrogen-bond acceptors (Lipinski definition) is 4. The van der Waals surface area contributed by atoms with Crippen LogP contribution in [0.25, 0.3) is 11.5 Å². The molecule has 0 spiro atoms. The van der Waals surface area contributed by atoms with Gasteiger partial charge in [0.1, 0.15) is 18.3 Å². The third-order valence-electron chi connectivity index (χ3n) is 1.41. The lowest BCUT2D eigenvalue weighted by Crippen LogP contribution is -2.09. The highest BCUT2D eigenvalue weighted by Gasteiger charge is 2.05. The van der Waals surface area contributed by atoms with Crippen molar-refractivity contribution >= 4 is 0 Å². The van der Waals surface area contributed by atoms with Gasteiger partial charge in [0.05, 0.1) is 6.20 Å². The van der Waals surface area contributed by atoms with Crippen LogP contribution >= 0.6 is 0 Å². The summed E-state index contributed by atoms with van der Waals surface area (Å²) in [7, 11) is 0. The summed E-state index contributed by atoms with van der Waals surface area (Å²) in [5, 5.41) is 0. The number of nitrogens with one attached hydrogen (secondary N) is 1. The lowest BCUT2D eigenvalue weighted by molar-refractivity contribution is 0.891. The van der Waals surface area contributed by atoms with Gasteiger partial charge in [-0.1, -0.05) is 6.58 Å². The third-order valence-corrected chi connectivity index (χ3v) is 1.41. The van der Waals surface area contributed by atoms with Crippen LogP contribution in [-0.4, -0.2) is 19.6 Å². The Morgan fingerprint density at radius 1 is 1.42 bits per heavy atom. The Bertz CT molecular complexity index is 366. The Morgan fingerprint density at radius 3 is 3.17 bits per heavy atom. The lowest BCUT2D eigenvalue weighted by atomic mass is 10.4. The zero-order valence-corrected chi connectivity index (χ0v) is 6.31. The third kappa shape index (κ3) is 1.01. The maximum absolute atomic E-state index is 4.04. The molecule has 0 aromatic rings. The molecule has 0 saturated heterocycles. The van der Waals surface area contributed by atoms with E-state index in [0.717, 1.165) is 5.69 Å². The summed E-state index contributed by atoms with van der Waals surface area (Å²) >= 11 is 0. The van der Waals surface area contributed by atoms with Crippen molar-refractivity contribution < 1.29 is 0 Å². The van der Waals surface area contributed by atoms with Gasteiger partial charge in [-0.25, -0.2) is 15.0 Å². The van der Waals surface area contributed by atoms with E-state index in [1.165, 1.54) is 6.33 Å². The fraction of sp³-hybridized carbons (Fsp3) is 0. The highest BCUT2D eigenvalue weighted by molar-refractivity contribution is 5.47. The van der Waals surface area contributed by atoms with E-state index in [1.54, 1.807) is 23.4 Å². The van der Waals surface area contributed by atoms with Gasteiger partial charge in [-0.2, -0.15) is 0 Å². The van der Waals surface area contributed by atoms with Gasteiger partial charge in [0.25, 0.3) is 0 Å². The van der Waals surface area contributed by atoms with Crippen molar-refractivity contribution in [2.75, 3.05) is 5.43 Å². The molecule has 2 aliphatic rings. The van der Waals surface area contributed by atoms with Crippen LogP contribution < -0.4 is 5.43 Å². The van der Waals surface area contributed by atoms with Crippen LogP contribution in [0, 0.1) is 0 Å². The number of hydrogen-bond donors (Lipinski definition) is 1.